The Balaban J connectivity index is 1.23. The highest BCUT2D eigenvalue weighted by Crippen LogP contribution is 2.28. The van der Waals surface area contributed by atoms with E-state index in [0.29, 0.717) is 12.4 Å². The fourth-order valence-corrected chi connectivity index (χ4v) is 4.45. The molecule has 1 amide bonds. The summed E-state index contributed by atoms with van der Waals surface area (Å²) < 4.78 is 0. The number of nitrogens with one attached hydrogen (secondary N) is 1. The summed E-state index contributed by atoms with van der Waals surface area (Å²) in [6.45, 7) is 4.51. The summed E-state index contributed by atoms with van der Waals surface area (Å²) in [5, 5.41) is 5.09. The van der Waals surface area contributed by atoms with Crippen LogP contribution in [0.4, 0.5) is 5.82 Å². The summed E-state index contributed by atoms with van der Waals surface area (Å²) in [6.07, 6.45) is 6.38. The molecule has 6 nitrogen and oxygen atoms in total. The normalized spacial score (nSPS) is 18.4. The molecule has 0 radical (unpaired) electrons. The quantitative estimate of drug-likeness (QED) is 0.722. The SMILES string of the molecule is O=C(CN1CCN(C2CC2)CC1)Nc1cc2cc(-c3cncs3)ccc2cn1. The summed E-state index contributed by atoms with van der Waals surface area (Å²) in [5.41, 5.74) is 2.97. The average Bonchev–Trinajstić information content (AvgIpc) is 3.41. The van der Waals surface area contributed by atoms with Gasteiger partial charge in [0, 0.05) is 50.0 Å². The molecular weight excluding hydrogens is 370 g/mol. The molecule has 1 saturated heterocycles. The standard InChI is InChI=1S/C21H23N5OS/c27-21(13-25-5-7-26(8-6-25)18-3-4-18)24-20-10-17-9-15(19-12-22-14-28-19)1-2-16(17)11-23-20/h1-2,9-12,14,18H,3-8,13H2,(H,23,24,27). The lowest BCUT2D eigenvalue weighted by atomic mass is 10.1. The van der Waals surface area contributed by atoms with Crippen LogP contribution in [-0.2, 0) is 4.79 Å². The van der Waals surface area contributed by atoms with Crippen LogP contribution in [0.25, 0.3) is 21.2 Å². The van der Waals surface area contributed by atoms with Crippen molar-refractivity contribution in [3.8, 4) is 10.4 Å². The number of rotatable bonds is 5. The minimum Gasteiger partial charge on any atom is -0.310 e. The van der Waals surface area contributed by atoms with Gasteiger partial charge in [-0.1, -0.05) is 12.1 Å². The van der Waals surface area contributed by atoms with E-state index in [0.717, 1.165) is 53.4 Å². The van der Waals surface area contributed by atoms with E-state index in [9.17, 15) is 4.79 Å². The molecule has 0 spiro atoms. The van der Waals surface area contributed by atoms with Crippen molar-refractivity contribution in [2.75, 3.05) is 38.0 Å². The van der Waals surface area contributed by atoms with Gasteiger partial charge in [0.05, 0.1) is 16.9 Å². The van der Waals surface area contributed by atoms with Crippen LogP contribution in [0.2, 0.25) is 0 Å². The molecule has 28 heavy (non-hydrogen) atoms. The number of anilines is 1. The van der Waals surface area contributed by atoms with Crippen LogP contribution in [0, 0.1) is 0 Å². The van der Waals surface area contributed by atoms with Crippen LogP contribution in [0.3, 0.4) is 0 Å². The van der Waals surface area contributed by atoms with Crippen molar-refractivity contribution in [1.29, 1.82) is 0 Å². The number of fused-ring (bicyclic) bond motifs is 1. The van der Waals surface area contributed by atoms with Gasteiger partial charge in [-0.2, -0.15) is 0 Å². The van der Waals surface area contributed by atoms with Crippen LogP contribution in [-0.4, -0.2) is 64.4 Å². The van der Waals surface area contributed by atoms with Gasteiger partial charge in [-0.05, 0) is 35.9 Å². The van der Waals surface area contributed by atoms with Crippen LogP contribution in [0.15, 0.2) is 42.2 Å². The Morgan fingerprint density at radius 1 is 1.11 bits per heavy atom. The Hall–Kier alpha value is -2.35. The number of aromatic nitrogens is 2. The summed E-state index contributed by atoms with van der Waals surface area (Å²) in [6, 6.07) is 9.02. The maximum absolute atomic E-state index is 12.5. The van der Waals surface area contributed by atoms with Crippen LogP contribution in [0.1, 0.15) is 12.8 Å². The number of hydrogen-bond acceptors (Lipinski definition) is 6. The van der Waals surface area contributed by atoms with E-state index in [1.54, 1.807) is 11.3 Å². The third kappa shape index (κ3) is 3.92. The highest BCUT2D eigenvalue weighted by Gasteiger charge is 2.31. The molecule has 0 unspecified atom stereocenters. The van der Waals surface area contributed by atoms with E-state index >= 15 is 0 Å². The molecule has 3 heterocycles. The highest BCUT2D eigenvalue weighted by atomic mass is 32.1. The van der Waals surface area contributed by atoms with Crippen molar-refractivity contribution in [2.24, 2.45) is 0 Å². The molecule has 1 aliphatic heterocycles. The van der Waals surface area contributed by atoms with E-state index in [4.69, 9.17) is 0 Å². The molecule has 3 aromatic rings. The number of carbonyl (C=O) groups excluding carboxylic acids is 1. The highest BCUT2D eigenvalue weighted by molar-refractivity contribution is 7.13. The first-order valence-corrected chi connectivity index (χ1v) is 10.7. The van der Waals surface area contributed by atoms with Gasteiger partial charge in [-0.25, -0.2) is 4.98 Å². The number of benzene rings is 1. The van der Waals surface area contributed by atoms with Gasteiger partial charge >= 0.3 is 0 Å². The second kappa shape index (κ2) is 7.58. The lowest BCUT2D eigenvalue weighted by Crippen LogP contribution is -2.49. The monoisotopic (exact) mass is 393 g/mol. The smallest absolute Gasteiger partial charge is 0.239 e. The van der Waals surface area contributed by atoms with Gasteiger partial charge in [0.25, 0.3) is 0 Å². The first-order valence-electron chi connectivity index (χ1n) is 9.79. The number of piperazine rings is 1. The van der Waals surface area contributed by atoms with Crippen molar-refractivity contribution in [2.45, 2.75) is 18.9 Å². The van der Waals surface area contributed by atoms with Crippen molar-refractivity contribution in [3.05, 3.63) is 42.2 Å². The number of pyridine rings is 1. The van der Waals surface area contributed by atoms with Gasteiger partial charge in [0.2, 0.25) is 5.91 Å². The first-order chi connectivity index (χ1) is 13.7. The summed E-state index contributed by atoms with van der Waals surface area (Å²) in [4.78, 5) is 27.0. The van der Waals surface area contributed by atoms with E-state index in [1.165, 1.54) is 12.8 Å². The lowest BCUT2D eigenvalue weighted by molar-refractivity contribution is -0.117. The molecule has 144 valence electrons. The molecule has 1 aromatic carbocycles. The zero-order valence-electron chi connectivity index (χ0n) is 15.7. The van der Waals surface area contributed by atoms with Crippen molar-refractivity contribution in [3.63, 3.8) is 0 Å². The molecule has 5 rings (SSSR count). The third-order valence-corrected chi connectivity index (χ3v) is 6.37. The molecule has 2 aliphatic rings. The van der Waals surface area contributed by atoms with Crippen LogP contribution < -0.4 is 5.32 Å². The fourth-order valence-electron chi connectivity index (χ4n) is 3.83. The molecule has 2 aromatic heterocycles. The van der Waals surface area contributed by atoms with Crippen LogP contribution >= 0.6 is 11.3 Å². The number of amides is 1. The molecule has 1 saturated carbocycles. The lowest BCUT2D eigenvalue weighted by Gasteiger charge is -2.34. The molecule has 0 bridgehead atoms. The number of carbonyl (C=O) groups is 1. The fraction of sp³-hybridized carbons (Fsp3) is 0.381. The summed E-state index contributed by atoms with van der Waals surface area (Å²) >= 11 is 1.62. The maximum Gasteiger partial charge on any atom is 0.239 e. The topological polar surface area (TPSA) is 61.4 Å². The molecule has 1 aliphatic carbocycles. The molecule has 2 fully saturated rings. The third-order valence-electron chi connectivity index (χ3n) is 5.54. The second-order valence-electron chi connectivity index (χ2n) is 7.59. The van der Waals surface area contributed by atoms with Gasteiger partial charge in [-0.15, -0.1) is 11.3 Å². The van der Waals surface area contributed by atoms with Gasteiger partial charge in [0.15, 0.2) is 0 Å². The maximum atomic E-state index is 12.5. The molecule has 7 heteroatoms. The van der Waals surface area contributed by atoms with Crippen LogP contribution in [0.5, 0.6) is 0 Å². The van der Waals surface area contributed by atoms with E-state index in [2.05, 4.69) is 43.3 Å². The largest absolute Gasteiger partial charge is 0.310 e. The van der Waals surface area contributed by atoms with E-state index < -0.39 is 0 Å². The number of nitrogens with zero attached hydrogens (tertiary/aromatic N) is 4. The summed E-state index contributed by atoms with van der Waals surface area (Å²) in [7, 11) is 0. The Morgan fingerprint density at radius 2 is 1.96 bits per heavy atom. The van der Waals surface area contributed by atoms with Crippen molar-refractivity contribution < 1.29 is 4.79 Å². The Morgan fingerprint density at radius 3 is 2.71 bits per heavy atom. The number of thiazole rings is 1. The second-order valence-corrected chi connectivity index (χ2v) is 8.47. The molecule has 0 atom stereocenters. The Bertz CT molecular complexity index is 978. The van der Waals surface area contributed by atoms with Crippen molar-refractivity contribution >= 4 is 33.8 Å². The van der Waals surface area contributed by atoms with Crippen molar-refractivity contribution in [1.82, 2.24) is 19.8 Å². The molecular formula is C21H23N5OS. The Labute approximate surface area is 168 Å². The minimum absolute atomic E-state index is 0.00494. The number of hydrogen-bond donors (Lipinski definition) is 1. The zero-order valence-corrected chi connectivity index (χ0v) is 16.5. The average molecular weight is 394 g/mol. The molecule has 1 N–H and O–H groups in total. The van der Waals surface area contributed by atoms with E-state index in [1.807, 2.05) is 24.0 Å². The summed E-state index contributed by atoms with van der Waals surface area (Å²) in [5.74, 6) is 0.612. The van der Waals surface area contributed by atoms with E-state index in [-0.39, 0.29) is 5.91 Å². The predicted molar refractivity (Wildman–Crippen MR) is 113 cm³/mol. The van der Waals surface area contributed by atoms with Gasteiger partial charge in [0.1, 0.15) is 5.82 Å². The zero-order chi connectivity index (χ0) is 18.9. The van der Waals surface area contributed by atoms with Gasteiger partial charge < -0.3 is 5.32 Å². The predicted octanol–water partition coefficient (Wildman–Crippen LogP) is 3.08. The minimum atomic E-state index is 0.00494. The Kier molecular flexibility index (Phi) is 4.80. The first kappa shape index (κ1) is 17.7. The van der Waals surface area contributed by atoms with Gasteiger partial charge in [-0.3, -0.25) is 19.6 Å².